The van der Waals surface area contributed by atoms with E-state index in [1.165, 1.54) is 0 Å². The molecular weight excluding hydrogens is 400 g/mol. The van der Waals surface area contributed by atoms with Gasteiger partial charge in [0.2, 0.25) is 11.8 Å². The predicted octanol–water partition coefficient (Wildman–Crippen LogP) is 4.72. The first-order valence-electron chi connectivity index (χ1n) is 10.2. The molecule has 2 aromatic carbocycles. The number of aliphatic hydroxyl groups is 1. The molecule has 32 heavy (non-hydrogen) atoms. The van der Waals surface area contributed by atoms with Crippen LogP contribution in [0.5, 0.6) is 11.8 Å². The van der Waals surface area contributed by atoms with Crippen molar-refractivity contribution in [2.24, 2.45) is 0 Å². The maximum atomic E-state index is 10.6. The highest BCUT2D eigenvalue weighted by molar-refractivity contribution is 5.37. The van der Waals surface area contributed by atoms with Crippen molar-refractivity contribution in [1.29, 1.82) is 0 Å². The molecule has 1 unspecified atom stereocenters. The van der Waals surface area contributed by atoms with Crippen LogP contribution in [0.4, 0.5) is 0 Å². The van der Waals surface area contributed by atoms with Gasteiger partial charge >= 0.3 is 0 Å². The van der Waals surface area contributed by atoms with Crippen molar-refractivity contribution in [2.45, 2.75) is 19.3 Å². The van der Waals surface area contributed by atoms with Crippen LogP contribution in [0.3, 0.4) is 0 Å². The summed E-state index contributed by atoms with van der Waals surface area (Å²) in [4.78, 5) is 8.65. The van der Waals surface area contributed by atoms with E-state index in [-0.39, 0.29) is 0 Å². The van der Waals surface area contributed by atoms with Gasteiger partial charge in [0.05, 0.1) is 5.56 Å². The first kappa shape index (κ1) is 21.1. The third kappa shape index (κ3) is 5.94. The molecule has 0 radical (unpaired) electrons. The molecule has 2 heterocycles. The highest BCUT2D eigenvalue weighted by Crippen LogP contribution is 2.23. The molecule has 5 nitrogen and oxygen atoms in total. The average molecular weight is 422 g/mol. The summed E-state index contributed by atoms with van der Waals surface area (Å²) in [6, 6.07) is 28.5. The Bertz CT molecular complexity index is 1200. The number of pyridine rings is 2. The van der Waals surface area contributed by atoms with E-state index in [1.807, 2.05) is 66.7 Å². The summed E-state index contributed by atoms with van der Waals surface area (Å²) in [5.74, 6) is 6.56. The van der Waals surface area contributed by atoms with E-state index < -0.39 is 6.10 Å². The van der Waals surface area contributed by atoms with E-state index in [9.17, 15) is 5.11 Å². The van der Waals surface area contributed by atoms with Crippen LogP contribution in [0.25, 0.3) is 0 Å². The Morgan fingerprint density at radius 3 is 2.16 bits per heavy atom. The van der Waals surface area contributed by atoms with Crippen molar-refractivity contribution < 1.29 is 14.6 Å². The van der Waals surface area contributed by atoms with Crippen molar-refractivity contribution >= 4 is 0 Å². The Hall–Kier alpha value is -4.14. The summed E-state index contributed by atoms with van der Waals surface area (Å²) in [6.07, 6.45) is 0.559. The lowest BCUT2D eigenvalue weighted by molar-refractivity contribution is 0.221. The summed E-state index contributed by atoms with van der Waals surface area (Å²) in [5.41, 5.74) is 3.08. The highest BCUT2D eigenvalue weighted by atomic mass is 16.5. The Morgan fingerprint density at radius 2 is 1.44 bits per heavy atom. The van der Waals surface area contributed by atoms with Crippen LogP contribution in [-0.4, -0.2) is 15.1 Å². The molecule has 1 atom stereocenters. The van der Waals surface area contributed by atoms with Gasteiger partial charge in [0, 0.05) is 12.3 Å². The molecule has 0 saturated carbocycles. The van der Waals surface area contributed by atoms with Crippen LogP contribution in [0.2, 0.25) is 0 Å². The van der Waals surface area contributed by atoms with Gasteiger partial charge in [-0.3, -0.25) is 0 Å². The van der Waals surface area contributed by atoms with Crippen LogP contribution < -0.4 is 9.47 Å². The van der Waals surface area contributed by atoms with Crippen LogP contribution in [0.15, 0.2) is 97.2 Å². The van der Waals surface area contributed by atoms with Gasteiger partial charge in [-0.05, 0) is 35.2 Å². The van der Waals surface area contributed by atoms with E-state index in [0.29, 0.717) is 36.2 Å². The minimum Gasteiger partial charge on any atom is -0.473 e. The van der Waals surface area contributed by atoms with E-state index in [1.54, 1.807) is 30.5 Å². The summed E-state index contributed by atoms with van der Waals surface area (Å²) in [6.45, 7) is 0.776. The summed E-state index contributed by atoms with van der Waals surface area (Å²) < 4.78 is 11.6. The second kappa shape index (κ2) is 10.8. The van der Waals surface area contributed by atoms with Gasteiger partial charge in [-0.2, -0.15) is 0 Å². The predicted molar refractivity (Wildman–Crippen MR) is 122 cm³/mol. The molecular formula is C27H22N2O3. The summed E-state index contributed by atoms with van der Waals surface area (Å²) in [7, 11) is 0. The molecule has 0 aliphatic heterocycles. The van der Waals surface area contributed by atoms with Crippen LogP contribution >= 0.6 is 0 Å². The van der Waals surface area contributed by atoms with Gasteiger partial charge in [-0.1, -0.05) is 72.7 Å². The largest absolute Gasteiger partial charge is 0.473 e. The zero-order chi connectivity index (χ0) is 22.0. The molecule has 0 fully saturated rings. The zero-order valence-corrected chi connectivity index (χ0v) is 17.4. The number of ether oxygens (including phenoxy) is 2. The number of rotatable bonds is 7. The number of aromatic nitrogens is 2. The Kier molecular flexibility index (Phi) is 7.10. The Balaban J connectivity index is 1.42. The van der Waals surface area contributed by atoms with Crippen molar-refractivity contribution in [2.75, 3.05) is 0 Å². The van der Waals surface area contributed by atoms with Crippen molar-refractivity contribution in [3.05, 3.63) is 120 Å². The van der Waals surface area contributed by atoms with Crippen molar-refractivity contribution in [3.63, 3.8) is 0 Å². The lowest BCUT2D eigenvalue weighted by atomic mass is 10.1. The molecule has 0 aliphatic carbocycles. The van der Waals surface area contributed by atoms with Gasteiger partial charge in [-0.15, -0.1) is 0 Å². The molecule has 0 aliphatic rings. The number of benzene rings is 2. The standard InChI is InChI=1S/C27H22N2O3/c30-25(24-14-8-18-28-27(24)32-20-22-11-5-2-6-12-22)17-16-23-13-7-15-26(29-23)31-19-21-9-3-1-4-10-21/h1-15,18,25,30H,19-20H2. The van der Waals surface area contributed by atoms with Crippen LogP contribution in [-0.2, 0) is 13.2 Å². The smallest absolute Gasteiger partial charge is 0.220 e. The second-order valence-electron chi connectivity index (χ2n) is 6.98. The number of aliphatic hydroxyl groups excluding tert-OH is 1. The summed E-state index contributed by atoms with van der Waals surface area (Å²) in [5, 5.41) is 10.6. The van der Waals surface area contributed by atoms with Gasteiger partial charge in [0.25, 0.3) is 0 Å². The van der Waals surface area contributed by atoms with Gasteiger partial charge < -0.3 is 14.6 Å². The molecule has 2 aromatic heterocycles. The molecule has 0 amide bonds. The number of hydrogen-bond acceptors (Lipinski definition) is 5. The molecule has 1 N–H and O–H groups in total. The minimum atomic E-state index is -1.06. The van der Waals surface area contributed by atoms with E-state index in [0.717, 1.165) is 11.1 Å². The Labute approximate surface area is 187 Å². The quantitative estimate of drug-likeness (QED) is 0.437. The van der Waals surface area contributed by atoms with Gasteiger partial charge in [0.15, 0.2) is 0 Å². The van der Waals surface area contributed by atoms with Crippen molar-refractivity contribution in [1.82, 2.24) is 9.97 Å². The lowest BCUT2D eigenvalue weighted by Gasteiger charge is -2.11. The first-order valence-corrected chi connectivity index (χ1v) is 10.2. The fraction of sp³-hybridized carbons (Fsp3) is 0.111. The zero-order valence-electron chi connectivity index (χ0n) is 17.4. The Morgan fingerprint density at radius 1 is 0.750 bits per heavy atom. The van der Waals surface area contributed by atoms with E-state index in [4.69, 9.17) is 9.47 Å². The van der Waals surface area contributed by atoms with Crippen molar-refractivity contribution in [3.8, 4) is 23.6 Å². The molecule has 5 heteroatoms. The minimum absolute atomic E-state index is 0.353. The molecule has 158 valence electrons. The topological polar surface area (TPSA) is 64.5 Å². The molecule has 0 spiro atoms. The van der Waals surface area contributed by atoms with E-state index >= 15 is 0 Å². The van der Waals surface area contributed by atoms with E-state index in [2.05, 4.69) is 21.8 Å². The lowest BCUT2D eigenvalue weighted by Crippen LogP contribution is -2.03. The highest BCUT2D eigenvalue weighted by Gasteiger charge is 2.12. The molecule has 4 aromatic rings. The third-order valence-corrected chi connectivity index (χ3v) is 4.60. The summed E-state index contributed by atoms with van der Waals surface area (Å²) >= 11 is 0. The molecule has 4 rings (SSSR count). The average Bonchev–Trinajstić information content (AvgIpc) is 2.86. The molecule has 0 bridgehead atoms. The van der Waals surface area contributed by atoms with Gasteiger partial charge in [-0.25, -0.2) is 9.97 Å². The normalized spacial score (nSPS) is 11.2. The third-order valence-electron chi connectivity index (χ3n) is 4.60. The monoisotopic (exact) mass is 422 g/mol. The fourth-order valence-corrected chi connectivity index (χ4v) is 2.97. The number of nitrogens with zero attached hydrogens (tertiary/aromatic N) is 2. The van der Waals surface area contributed by atoms with Crippen LogP contribution in [0.1, 0.15) is 28.5 Å². The first-order chi connectivity index (χ1) is 15.8. The maximum absolute atomic E-state index is 10.6. The van der Waals surface area contributed by atoms with Crippen LogP contribution in [0, 0.1) is 11.8 Å². The maximum Gasteiger partial charge on any atom is 0.220 e. The SMILES string of the molecule is OC(C#Cc1cccc(OCc2ccccc2)n1)c1cccnc1OCc1ccccc1. The number of hydrogen-bond donors (Lipinski definition) is 1. The van der Waals surface area contributed by atoms with Gasteiger partial charge in [0.1, 0.15) is 25.0 Å². The second-order valence-corrected chi connectivity index (χ2v) is 6.98. The fourth-order valence-electron chi connectivity index (χ4n) is 2.97. The molecule has 0 saturated heterocycles.